The summed E-state index contributed by atoms with van der Waals surface area (Å²) in [5.74, 6) is 0. The van der Waals surface area contributed by atoms with Crippen LogP contribution in [0.2, 0.25) is 0 Å². The summed E-state index contributed by atoms with van der Waals surface area (Å²) in [7, 11) is 0. The Hall–Kier alpha value is -1.24. The lowest BCUT2D eigenvalue weighted by atomic mass is 9.83. The molecule has 92 valence electrons. The summed E-state index contributed by atoms with van der Waals surface area (Å²) in [6, 6.07) is 6.78. The van der Waals surface area contributed by atoms with Gasteiger partial charge in [-0.05, 0) is 49.5 Å². The van der Waals surface area contributed by atoms with Gasteiger partial charge in [0.15, 0.2) is 0 Å². The average molecular weight is 229 g/mol. The largest absolute Gasteiger partial charge is 0.376 e. The average Bonchev–Trinajstić information content (AvgIpc) is 2.13. The molecule has 1 heterocycles. The summed E-state index contributed by atoms with van der Waals surface area (Å²) in [5, 5.41) is 3.57. The first kappa shape index (κ1) is 12.2. The monoisotopic (exact) mass is 229 g/mol. The molecule has 1 aromatic rings. The summed E-state index contributed by atoms with van der Waals surface area (Å²) in [4.78, 5) is 0. The third kappa shape index (κ3) is 2.38. The van der Waals surface area contributed by atoms with Gasteiger partial charge in [0.05, 0.1) is 5.54 Å². The Bertz CT molecular complexity index is 473. The highest BCUT2D eigenvalue weighted by Gasteiger charge is 2.24. The molecule has 0 saturated carbocycles. The predicted molar refractivity (Wildman–Crippen MR) is 76.5 cm³/mol. The molecule has 1 nitrogen and oxygen atoms in total. The number of anilines is 1. The quantitative estimate of drug-likeness (QED) is 0.686. The molecule has 0 unspecified atom stereocenters. The minimum Gasteiger partial charge on any atom is -0.376 e. The van der Waals surface area contributed by atoms with Crippen molar-refractivity contribution in [3.8, 4) is 0 Å². The van der Waals surface area contributed by atoms with Crippen LogP contribution in [0.3, 0.4) is 0 Å². The summed E-state index contributed by atoms with van der Waals surface area (Å²) < 4.78 is 0. The zero-order chi connectivity index (χ0) is 12.8. The minimum absolute atomic E-state index is 0.0559. The van der Waals surface area contributed by atoms with E-state index in [0.717, 1.165) is 0 Å². The second-order valence-electron chi connectivity index (χ2n) is 6.68. The fourth-order valence-corrected chi connectivity index (χ4v) is 2.45. The predicted octanol–water partition coefficient (Wildman–Crippen LogP) is 4.59. The standard InChI is InChI=1S/C16H23N/c1-11-10-16(5,6)17-14-8-7-12(9-13(11)14)15(2,3)4/h7-10,17H,1-6H3. The first-order valence-corrected chi connectivity index (χ1v) is 6.32. The van der Waals surface area contributed by atoms with E-state index in [1.807, 2.05) is 0 Å². The van der Waals surface area contributed by atoms with Crippen LogP contribution in [0.25, 0.3) is 5.57 Å². The summed E-state index contributed by atoms with van der Waals surface area (Å²) >= 11 is 0. The van der Waals surface area contributed by atoms with Crippen LogP contribution in [0, 0.1) is 0 Å². The van der Waals surface area contributed by atoms with E-state index in [9.17, 15) is 0 Å². The first-order valence-electron chi connectivity index (χ1n) is 6.32. The molecule has 0 aromatic heterocycles. The van der Waals surface area contributed by atoms with E-state index in [1.54, 1.807) is 0 Å². The van der Waals surface area contributed by atoms with E-state index in [1.165, 1.54) is 22.4 Å². The Kier molecular flexibility index (Phi) is 2.61. The number of fused-ring (bicyclic) bond motifs is 1. The second kappa shape index (κ2) is 3.63. The van der Waals surface area contributed by atoms with Gasteiger partial charge in [-0.25, -0.2) is 0 Å². The maximum absolute atomic E-state index is 3.57. The van der Waals surface area contributed by atoms with Gasteiger partial charge in [0.25, 0.3) is 0 Å². The first-order chi connectivity index (χ1) is 7.69. The molecular formula is C16H23N. The molecule has 0 atom stereocenters. The Balaban J connectivity index is 2.52. The molecule has 0 amide bonds. The van der Waals surface area contributed by atoms with Crippen molar-refractivity contribution in [2.45, 2.75) is 52.5 Å². The molecule has 1 heteroatoms. The molecule has 0 fully saturated rings. The summed E-state index contributed by atoms with van der Waals surface area (Å²) in [6.07, 6.45) is 2.31. The van der Waals surface area contributed by atoms with Gasteiger partial charge in [-0.1, -0.05) is 32.9 Å². The molecule has 17 heavy (non-hydrogen) atoms. The molecule has 0 aliphatic carbocycles. The van der Waals surface area contributed by atoms with Crippen molar-refractivity contribution in [1.29, 1.82) is 0 Å². The summed E-state index contributed by atoms with van der Waals surface area (Å²) in [5.41, 5.74) is 5.63. The molecule has 1 aliphatic rings. The SMILES string of the molecule is CC1=CC(C)(C)Nc2ccc(C(C)(C)C)cc21. The Morgan fingerprint density at radius 3 is 2.35 bits per heavy atom. The van der Waals surface area contributed by atoms with Gasteiger partial charge in [0.1, 0.15) is 0 Å². The maximum atomic E-state index is 3.57. The van der Waals surface area contributed by atoms with E-state index < -0.39 is 0 Å². The maximum Gasteiger partial charge on any atom is 0.0505 e. The minimum atomic E-state index is 0.0559. The molecule has 2 rings (SSSR count). The molecule has 1 aromatic carbocycles. The summed E-state index contributed by atoms with van der Waals surface area (Å²) in [6.45, 7) is 13.4. The third-order valence-corrected chi connectivity index (χ3v) is 3.34. The van der Waals surface area contributed by atoms with Crippen molar-refractivity contribution in [2.75, 3.05) is 5.32 Å². The topological polar surface area (TPSA) is 12.0 Å². The Morgan fingerprint density at radius 2 is 1.76 bits per heavy atom. The number of rotatable bonds is 0. The van der Waals surface area contributed by atoms with Gasteiger partial charge in [-0.3, -0.25) is 0 Å². The van der Waals surface area contributed by atoms with Crippen LogP contribution >= 0.6 is 0 Å². The molecule has 0 bridgehead atoms. The van der Waals surface area contributed by atoms with Crippen LogP contribution in [0.4, 0.5) is 5.69 Å². The van der Waals surface area contributed by atoms with Gasteiger partial charge in [-0.15, -0.1) is 0 Å². The van der Waals surface area contributed by atoms with Crippen LogP contribution < -0.4 is 5.32 Å². The second-order valence-corrected chi connectivity index (χ2v) is 6.68. The van der Waals surface area contributed by atoms with Gasteiger partial charge in [-0.2, -0.15) is 0 Å². The van der Waals surface area contributed by atoms with Crippen molar-refractivity contribution in [3.05, 3.63) is 35.4 Å². The van der Waals surface area contributed by atoms with Crippen molar-refractivity contribution in [2.24, 2.45) is 0 Å². The van der Waals surface area contributed by atoms with E-state index in [-0.39, 0.29) is 11.0 Å². The lowest BCUT2D eigenvalue weighted by molar-refractivity contribution is 0.590. The van der Waals surface area contributed by atoms with Crippen LogP contribution in [0.15, 0.2) is 24.3 Å². The third-order valence-electron chi connectivity index (χ3n) is 3.34. The highest BCUT2D eigenvalue weighted by molar-refractivity contribution is 5.80. The molecule has 0 spiro atoms. The number of benzene rings is 1. The number of allylic oxidation sites excluding steroid dienone is 1. The lowest BCUT2D eigenvalue weighted by Crippen LogP contribution is -2.31. The molecule has 0 saturated heterocycles. The van der Waals surface area contributed by atoms with Gasteiger partial charge >= 0.3 is 0 Å². The van der Waals surface area contributed by atoms with Crippen LogP contribution in [-0.4, -0.2) is 5.54 Å². The Labute approximate surface area is 105 Å². The van der Waals surface area contributed by atoms with Crippen molar-refractivity contribution < 1.29 is 0 Å². The lowest BCUT2D eigenvalue weighted by Gasteiger charge is -2.32. The van der Waals surface area contributed by atoms with Crippen molar-refractivity contribution in [3.63, 3.8) is 0 Å². The molecule has 1 N–H and O–H groups in total. The van der Waals surface area contributed by atoms with Crippen molar-refractivity contribution >= 4 is 11.3 Å². The fourth-order valence-electron chi connectivity index (χ4n) is 2.45. The van der Waals surface area contributed by atoms with E-state index >= 15 is 0 Å². The zero-order valence-corrected chi connectivity index (χ0v) is 11.8. The normalized spacial score (nSPS) is 18.1. The van der Waals surface area contributed by atoms with Crippen LogP contribution in [-0.2, 0) is 5.41 Å². The fraction of sp³-hybridized carbons (Fsp3) is 0.500. The van der Waals surface area contributed by atoms with Gasteiger partial charge < -0.3 is 5.32 Å². The van der Waals surface area contributed by atoms with E-state index in [4.69, 9.17) is 0 Å². The molecule has 0 radical (unpaired) electrons. The van der Waals surface area contributed by atoms with Gasteiger partial charge in [0.2, 0.25) is 0 Å². The molecule has 1 aliphatic heterocycles. The van der Waals surface area contributed by atoms with Crippen LogP contribution in [0.1, 0.15) is 52.7 Å². The van der Waals surface area contributed by atoms with Gasteiger partial charge in [0, 0.05) is 11.3 Å². The van der Waals surface area contributed by atoms with E-state index in [2.05, 4.69) is 71.1 Å². The van der Waals surface area contributed by atoms with Crippen molar-refractivity contribution in [1.82, 2.24) is 0 Å². The number of hydrogen-bond donors (Lipinski definition) is 1. The van der Waals surface area contributed by atoms with E-state index in [0.29, 0.717) is 0 Å². The smallest absolute Gasteiger partial charge is 0.0505 e. The number of nitrogens with one attached hydrogen (secondary N) is 1. The highest BCUT2D eigenvalue weighted by Crippen LogP contribution is 2.36. The molecular weight excluding hydrogens is 206 g/mol. The van der Waals surface area contributed by atoms with Crippen LogP contribution in [0.5, 0.6) is 0 Å². The highest BCUT2D eigenvalue weighted by atomic mass is 15.0. The zero-order valence-electron chi connectivity index (χ0n) is 11.8. The Morgan fingerprint density at radius 1 is 1.12 bits per heavy atom. The number of hydrogen-bond acceptors (Lipinski definition) is 1.